The number of hydrogen-bond donors (Lipinski definition) is 2. The van der Waals surface area contributed by atoms with Crippen LogP contribution in [0.5, 0.6) is 5.75 Å². The number of thiophene rings is 1. The van der Waals surface area contributed by atoms with E-state index < -0.39 is 41.4 Å². The van der Waals surface area contributed by atoms with Crippen LogP contribution < -0.4 is 21.3 Å². The normalized spacial score (nSPS) is 12.4. The second-order valence-corrected chi connectivity index (χ2v) is 11.0. The third kappa shape index (κ3) is 6.63. The lowest BCUT2D eigenvalue weighted by Crippen LogP contribution is -2.37. The van der Waals surface area contributed by atoms with Gasteiger partial charge < -0.3 is 14.8 Å². The molecule has 0 radical (unpaired) electrons. The molecule has 40 heavy (non-hydrogen) atoms. The lowest BCUT2D eigenvalue weighted by Gasteiger charge is -2.20. The quantitative estimate of drug-likeness (QED) is 0.292. The van der Waals surface area contributed by atoms with E-state index in [0.717, 1.165) is 15.9 Å². The fourth-order valence-corrected chi connectivity index (χ4v) is 4.93. The number of fused-ring (bicyclic) bond motifs is 1. The van der Waals surface area contributed by atoms with Gasteiger partial charge in [-0.05, 0) is 69.2 Å². The molecule has 2 N–H and O–H groups in total. The summed E-state index contributed by atoms with van der Waals surface area (Å²) < 4.78 is 35.7. The number of ether oxygens (including phenoxy) is 2. The second-order valence-electron chi connectivity index (χ2n) is 9.97. The van der Waals surface area contributed by atoms with E-state index in [1.807, 2.05) is 0 Å². The molecule has 1 amide bonds. The van der Waals surface area contributed by atoms with E-state index in [4.69, 9.17) is 4.74 Å². The van der Waals surface area contributed by atoms with E-state index in [2.05, 4.69) is 15.0 Å². The first-order valence-electron chi connectivity index (χ1n) is 12.3. The van der Waals surface area contributed by atoms with Crippen LogP contribution in [0.15, 0.2) is 64.2 Å². The van der Waals surface area contributed by atoms with Gasteiger partial charge in [-0.3, -0.25) is 19.1 Å². The average Bonchev–Trinajstić information content (AvgIpc) is 3.30. The van der Waals surface area contributed by atoms with Crippen molar-refractivity contribution in [1.29, 1.82) is 0 Å². The second kappa shape index (κ2) is 11.4. The predicted octanol–water partition coefficient (Wildman–Crippen LogP) is 4.85. The number of aromatic amines is 1. The van der Waals surface area contributed by atoms with Crippen LogP contribution in [-0.2, 0) is 11.3 Å². The Balaban J connectivity index is 1.53. The summed E-state index contributed by atoms with van der Waals surface area (Å²) in [5.74, 6) is -1.02. The third-order valence-electron chi connectivity index (χ3n) is 5.84. The van der Waals surface area contributed by atoms with Gasteiger partial charge >= 0.3 is 18.3 Å². The van der Waals surface area contributed by atoms with Crippen LogP contribution in [0, 0.1) is 0 Å². The van der Waals surface area contributed by atoms with Crippen LogP contribution >= 0.6 is 11.3 Å². The van der Waals surface area contributed by atoms with E-state index in [0.29, 0.717) is 16.7 Å². The van der Waals surface area contributed by atoms with E-state index in [9.17, 15) is 28.0 Å². The highest BCUT2D eigenvalue weighted by Gasteiger charge is 2.21. The highest BCUT2D eigenvalue weighted by molar-refractivity contribution is 7.20. The highest BCUT2D eigenvalue weighted by Crippen LogP contribution is 2.23. The summed E-state index contributed by atoms with van der Waals surface area (Å²) in [5.41, 5.74) is -0.378. The number of amides is 1. The van der Waals surface area contributed by atoms with Gasteiger partial charge in [-0.15, -0.1) is 11.3 Å². The minimum absolute atomic E-state index is 0.0321. The number of alkyl halides is 2. The van der Waals surface area contributed by atoms with Crippen molar-refractivity contribution in [1.82, 2.24) is 14.9 Å². The molecule has 1 unspecified atom stereocenters. The van der Waals surface area contributed by atoms with Crippen molar-refractivity contribution in [3.8, 4) is 5.75 Å². The van der Waals surface area contributed by atoms with Gasteiger partial charge in [0.25, 0.3) is 11.5 Å². The van der Waals surface area contributed by atoms with Gasteiger partial charge in [-0.2, -0.15) is 8.78 Å². The summed E-state index contributed by atoms with van der Waals surface area (Å²) in [7, 11) is 0. The molecule has 210 valence electrons. The first-order valence-corrected chi connectivity index (χ1v) is 13.1. The average molecular weight is 572 g/mol. The molecule has 0 fully saturated rings. The number of nitrogens with zero attached hydrogens (tertiary/aromatic N) is 1. The Morgan fingerprint density at radius 1 is 1.07 bits per heavy atom. The summed E-state index contributed by atoms with van der Waals surface area (Å²) in [6, 6.07) is 13.1. The van der Waals surface area contributed by atoms with Crippen molar-refractivity contribution >= 4 is 33.4 Å². The van der Waals surface area contributed by atoms with Crippen molar-refractivity contribution in [2.45, 2.75) is 52.5 Å². The van der Waals surface area contributed by atoms with Gasteiger partial charge in [0, 0.05) is 6.54 Å². The lowest BCUT2D eigenvalue weighted by molar-refractivity contribution is -0.0499. The number of carbonyl (C=O) groups excluding carboxylic acids is 2. The number of aromatic nitrogens is 2. The van der Waals surface area contributed by atoms with Gasteiger partial charge in [0.05, 0.1) is 21.9 Å². The van der Waals surface area contributed by atoms with Crippen molar-refractivity contribution in [2.75, 3.05) is 0 Å². The van der Waals surface area contributed by atoms with E-state index in [-0.39, 0.29) is 27.4 Å². The number of hydrogen-bond acceptors (Lipinski definition) is 7. The van der Waals surface area contributed by atoms with Gasteiger partial charge in [0.15, 0.2) is 0 Å². The van der Waals surface area contributed by atoms with Crippen molar-refractivity contribution in [3.05, 3.63) is 97.0 Å². The smallest absolute Gasteiger partial charge is 0.387 e. The summed E-state index contributed by atoms with van der Waals surface area (Å²) in [6.45, 7) is 4.05. The number of H-pyrrole nitrogens is 1. The maximum atomic E-state index is 13.3. The zero-order chi connectivity index (χ0) is 29.2. The van der Waals surface area contributed by atoms with Crippen LogP contribution in [-0.4, -0.2) is 33.6 Å². The Morgan fingerprint density at radius 2 is 1.77 bits per heavy atom. The minimum Gasteiger partial charge on any atom is -0.456 e. The molecule has 2 aromatic heterocycles. The van der Waals surface area contributed by atoms with Crippen LogP contribution in [0.2, 0.25) is 0 Å². The molecule has 0 saturated carbocycles. The minimum atomic E-state index is -2.96. The molecular formula is C28H27F2N3O6S. The SMILES string of the molecule is CC(c1ccc(C(=O)OC(C)(C)C)cc1)n1c(=O)[nH]c2sc(C(=O)NCc3cccc(OC(F)F)c3)cc2c1=O. The molecule has 0 spiro atoms. The van der Waals surface area contributed by atoms with E-state index in [1.54, 1.807) is 58.0 Å². The van der Waals surface area contributed by atoms with Gasteiger partial charge in [-0.25, -0.2) is 9.59 Å². The molecule has 0 saturated heterocycles. The number of carbonyl (C=O) groups is 2. The zero-order valence-corrected chi connectivity index (χ0v) is 22.9. The predicted molar refractivity (Wildman–Crippen MR) is 146 cm³/mol. The Kier molecular flexibility index (Phi) is 8.19. The maximum Gasteiger partial charge on any atom is 0.387 e. The molecule has 0 aliphatic heterocycles. The fraction of sp³-hybridized carbons (Fsp3) is 0.286. The molecule has 4 rings (SSSR count). The zero-order valence-electron chi connectivity index (χ0n) is 22.1. The topological polar surface area (TPSA) is 119 Å². The number of nitrogens with one attached hydrogen (secondary N) is 2. The van der Waals surface area contributed by atoms with Crippen LogP contribution in [0.25, 0.3) is 10.2 Å². The fourth-order valence-electron chi connectivity index (χ4n) is 3.97. The summed E-state index contributed by atoms with van der Waals surface area (Å²) in [4.78, 5) is 54.4. The first kappa shape index (κ1) is 28.7. The molecule has 1 atom stereocenters. The summed E-state index contributed by atoms with van der Waals surface area (Å²) >= 11 is 0.950. The standard InChI is InChI=1S/C28H27F2N3O6S/c1-15(17-8-10-18(11-9-17)25(36)39-28(2,3)4)33-24(35)20-13-21(40-23(20)32-27(33)37)22(34)31-14-16-6-5-7-19(12-16)38-26(29)30/h5-13,15,26H,14H2,1-4H3,(H,31,34)(H,32,37). The third-order valence-corrected chi connectivity index (χ3v) is 6.89. The van der Waals surface area contributed by atoms with Crippen molar-refractivity contribution in [3.63, 3.8) is 0 Å². The number of rotatable bonds is 8. The largest absolute Gasteiger partial charge is 0.456 e. The van der Waals surface area contributed by atoms with Gasteiger partial charge in [0.2, 0.25) is 0 Å². The van der Waals surface area contributed by atoms with Crippen molar-refractivity contribution in [2.24, 2.45) is 0 Å². The number of benzene rings is 2. The molecule has 0 bridgehead atoms. The Hall–Kier alpha value is -4.32. The molecule has 4 aromatic rings. The first-order chi connectivity index (χ1) is 18.8. The van der Waals surface area contributed by atoms with Gasteiger partial charge in [-0.1, -0.05) is 24.3 Å². The van der Waals surface area contributed by atoms with E-state index >= 15 is 0 Å². The van der Waals surface area contributed by atoms with Gasteiger partial charge in [0.1, 0.15) is 16.2 Å². The van der Waals surface area contributed by atoms with Crippen LogP contribution in [0.1, 0.15) is 64.9 Å². The Morgan fingerprint density at radius 3 is 2.42 bits per heavy atom. The van der Waals surface area contributed by atoms with Crippen LogP contribution in [0.3, 0.4) is 0 Å². The molecule has 12 heteroatoms. The van der Waals surface area contributed by atoms with Crippen LogP contribution in [0.4, 0.5) is 8.78 Å². The molecule has 9 nitrogen and oxygen atoms in total. The lowest BCUT2D eigenvalue weighted by atomic mass is 10.1. The summed E-state index contributed by atoms with van der Waals surface area (Å²) in [6.07, 6.45) is 0. The van der Waals surface area contributed by atoms with E-state index in [1.165, 1.54) is 24.3 Å². The Labute approximate surface area is 231 Å². The molecule has 2 aromatic carbocycles. The summed E-state index contributed by atoms with van der Waals surface area (Å²) in [5, 5.41) is 2.84. The maximum absolute atomic E-state index is 13.3. The number of esters is 1. The van der Waals surface area contributed by atoms with Crippen molar-refractivity contribution < 1.29 is 27.8 Å². The highest BCUT2D eigenvalue weighted by atomic mass is 32.1. The monoisotopic (exact) mass is 571 g/mol. The number of halogens is 2. The molecule has 0 aliphatic rings. The molecule has 0 aliphatic carbocycles. The molecular weight excluding hydrogens is 544 g/mol. The Bertz CT molecular complexity index is 1670. The molecule has 2 heterocycles.